The molecule has 158 valence electrons. The van der Waals surface area contributed by atoms with E-state index in [-0.39, 0.29) is 24.7 Å². The Morgan fingerprint density at radius 3 is 2.77 bits per heavy atom. The molecule has 2 aromatic rings. The zero-order valence-electron chi connectivity index (χ0n) is 16.5. The molecule has 0 radical (unpaired) electrons. The summed E-state index contributed by atoms with van der Waals surface area (Å²) in [6.45, 7) is 2.15. The number of carbonyl (C=O) groups excluding carboxylic acids is 2. The van der Waals surface area contributed by atoms with Crippen molar-refractivity contribution in [3.63, 3.8) is 0 Å². The molecule has 2 atom stereocenters. The van der Waals surface area contributed by atoms with Crippen LogP contribution in [0.4, 0.5) is 11.4 Å². The van der Waals surface area contributed by atoms with Crippen LogP contribution in [0.1, 0.15) is 31.4 Å². The van der Waals surface area contributed by atoms with Gasteiger partial charge in [-0.1, -0.05) is 30.3 Å². The highest BCUT2D eigenvalue weighted by Gasteiger charge is 2.26. The van der Waals surface area contributed by atoms with Gasteiger partial charge in [-0.25, -0.2) is 0 Å². The van der Waals surface area contributed by atoms with Crippen LogP contribution in [0.3, 0.4) is 0 Å². The van der Waals surface area contributed by atoms with Gasteiger partial charge in [-0.3, -0.25) is 19.7 Å². The molecular weight excluding hydrogens is 390 g/mol. The Morgan fingerprint density at radius 2 is 1.97 bits per heavy atom. The first-order valence-corrected chi connectivity index (χ1v) is 9.64. The number of nitro groups is 1. The fourth-order valence-electron chi connectivity index (χ4n) is 3.17. The Bertz CT molecular complexity index is 932. The van der Waals surface area contributed by atoms with E-state index in [1.54, 1.807) is 18.2 Å². The average Bonchev–Trinajstić information content (AvgIpc) is 2.74. The van der Waals surface area contributed by atoms with Crippen molar-refractivity contribution in [3.05, 3.63) is 64.2 Å². The van der Waals surface area contributed by atoms with E-state index in [9.17, 15) is 19.7 Å². The van der Waals surface area contributed by atoms with Gasteiger partial charge in [-0.15, -0.1) is 0 Å². The summed E-state index contributed by atoms with van der Waals surface area (Å²) in [5.74, 6) is -0.229. The van der Waals surface area contributed by atoms with E-state index in [2.05, 4.69) is 10.6 Å². The molecule has 30 heavy (non-hydrogen) atoms. The van der Waals surface area contributed by atoms with Crippen molar-refractivity contribution in [2.75, 3.05) is 18.5 Å². The Morgan fingerprint density at radius 1 is 1.23 bits per heavy atom. The highest BCUT2D eigenvalue weighted by atomic mass is 16.6. The number of esters is 1. The van der Waals surface area contributed by atoms with E-state index in [4.69, 9.17) is 9.47 Å². The zero-order chi connectivity index (χ0) is 21.5. The number of rotatable bonds is 8. The van der Waals surface area contributed by atoms with E-state index in [1.807, 2.05) is 24.3 Å². The molecule has 9 heteroatoms. The third kappa shape index (κ3) is 5.25. The van der Waals surface area contributed by atoms with Crippen molar-refractivity contribution in [3.8, 4) is 5.75 Å². The predicted molar refractivity (Wildman–Crippen MR) is 109 cm³/mol. The number of nitro benzene ring substituents is 1. The second-order valence-electron chi connectivity index (χ2n) is 6.82. The highest BCUT2D eigenvalue weighted by Crippen LogP contribution is 2.31. The third-order valence-electron chi connectivity index (χ3n) is 4.70. The maximum atomic E-state index is 12.5. The first kappa shape index (κ1) is 21.1. The summed E-state index contributed by atoms with van der Waals surface area (Å²) in [6.07, 6.45) is -0.369. The standard InChI is InChI=1S/C21H23N3O6/c1-14(21(26)23-16-11-13-29-19-9-5-2-6-15(16)19)30-20(25)10-12-22-17-7-3-4-8-18(17)24(27)28/h2-9,14,16,22H,10-13H2,1H3,(H,23,26)/t14-,16+/m0/s1. The van der Waals surface area contributed by atoms with Crippen molar-refractivity contribution in [2.45, 2.75) is 31.9 Å². The summed E-state index contributed by atoms with van der Waals surface area (Å²) in [5.41, 5.74) is 1.14. The van der Waals surface area contributed by atoms with Crippen LogP contribution in [-0.2, 0) is 14.3 Å². The topological polar surface area (TPSA) is 120 Å². The first-order chi connectivity index (χ1) is 14.5. The Balaban J connectivity index is 1.47. The molecule has 0 saturated heterocycles. The number of amides is 1. The van der Waals surface area contributed by atoms with Crippen molar-refractivity contribution in [1.82, 2.24) is 5.32 Å². The summed E-state index contributed by atoms with van der Waals surface area (Å²) in [6, 6.07) is 13.4. The van der Waals surface area contributed by atoms with E-state index >= 15 is 0 Å². The lowest BCUT2D eigenvalue weighted by Crippen LogP contribution is -2.39. The fourth-order valence-corrected chi connectivity index (χ4v) is 3.17. The summed E-state index contributed by atoms with van der Waals surface area (Å²) in [4.78, 5) is 35.0. The third-order valence-corrected chi connectivity index (χ3v) is 4.70. The van der Waals surface area contributed by atoms with Gasteiger partial charge in [0.1, 0.15) is 11.4 Å². The van der Waals surface area contributed by atoms with Gasteiger partial charge in [-0.2, -0.15) is 0 Å². The van der Waals surface area contributed by atoms with Crippen molar-refractivity contribution >= 4 is 23.3 Å². The smallest absolute Gasteiger partial charge is 0.308 e. The largest absolute Gasteiger partial charge is 0.493 e. The fraction of sp³-hybridized carbons (Fsp3) is 0.333. The molecule has 1 amide bonds. The Kier molecular flexibility index (Phi) is 6.84. The molecule has 9 nitrogen and oxygen atoms in total. The Labute approximate surface area is 173 Å². The summed E-state index contributed by atoms with van der Waals surface area (Å²) >= 11 is 0. The van der Waals surface area contributed by atoms with Gasteiger partial charge in [0, 0.05) is 24.6 Å². The van der Waals surface area contributed by atoms with Crippen LogP contribution in [0, 0.1) is 10.1 Å². The van der Waals surface area contributed by atoms with Gasteiger partial charge in [0.05, 0.1) is 24.0 Å². The van der Waals surface area contributed by atoms with Crippen molar-refractivity contribution in [1.29, 1.82) is 0 Å². The van der Waals surface area contributed by atoms with E-state index in [1.165, 1.54) is 13.0 Å². The molecule has 2 aromatic carbocycles. The summed E-state index contributed by atoms with van der Waals surface area (Å²) < 4.78 is 10.8. The number of ether oxygens (including phenoxy) is 2. The molecule has 3 rings (SSSR count). The summed E-state index contributed by atoms with van der Waals surface area (Å²) in [7, 11) is 0. The number of carbonyl (C=O) groups is 2. The maximum absolute atomic E-state index is 12.5. The summed E-state index contributed by atoms with van der Waals surface area (Å²) in [5, 5.41) is 16.7. The van der Waals surface area contributed by atoms with Crippen LogP contribution in [0.15, 0.2) is 48.5 Å². The number of para-hydroxylation sites is 3. The number of nitrogens with zero attached hydrogens (tertiary/aromatic N) is 1. The normalized spacial score (nSPS) is 15.8. The number of hydrogen-bond acceptors (Lipinski definition) is 7. The molecular formula is C21H23N3O6. The predicted octanol–water partition coefficient (Wildman–Crippen LogP) is 2.97. The molecule has 1 heterocycles. The lowest BCUT2D eigenvalue weighted by molar-refractivity contribution is -0.384. The minimum Gasteiger partial charge on any atom is -0.493 e. The highest BCUT2D eigenvalue weighted by molar-refractivity contribution is 5.84. The van der Waals surface area contributed by atoms with Gasteiger partial charge in [0.15, 0.2) is 6.10 Å². The van der Waals surface area contributed by atoms with Crippen molar-refractivity contribution < 1.29 is 24.0 Å². The quantitative estimate of drug-likeness (QED) is 0.388. The zero-order valence-corrected chi connectivity index (χ0v) is 16.5. The first-order valence-electron chi connectivity index (χ1n) is 9.64. The van der Waals surface area contributed by atoms with Gasteiger partial charge >= 0.3 is 5.97 Å². The minimum atomic E-state index is -0.960. The second-order valence-corrected chi connectivity index (χ2v) is 6.82. The van der Waals surface area contributed by atoms with Crippen LogP contribution in [-0.4, -0.2) is 36.1 Å². The number of anilines is 1. The molecule has 0 aromatic heterocycles. The molecule has 2 N–H and O–H groups in total. The molecule has 0 unspecified atom stereocenters. The van der Waals surface area contributed by atoms with Crippen LogP contribution in [0.25, 0.3) is 0 Å². The average molecular weight is 413 g/mol. The van der Waals surface area contributed by atoms with E-state index in [0.717, 1.165) is 11.3 Å². The van der Waals surface area contributed by atoms with E-state index in [0.29, 0.717) is 18.7 Å². The molecule has 0 saturated carbocycles. The molecule has 0 aliphatic carbocycles. The Hall–Kier alpha value is -3.62. The van der Waals surface area contributed by atoms with Crippen LogP contribution < -0.4 is 15.4 Å². The number of nitrogens with one attached hydrogen (secondary N) is 2. The molecule has 0 spiro atoms. The van der Waals surface area contributed by atoms with Gasteiger partial charge in [0.25, 0.3) is 11.6 Å². The van der Waals surface area contributed by atoms with Gasteiger partial charge in [0.2, 0.25) is 0 Å². The number of hydrogen-bond donors (Lipinski definition) is 2. The van der Waals surface area contributed by atoms with Gasteiger partial charge < -0.3 is 20.1 Å². The minimum absolute atomic E-state index is 0.0379. The lowest BCUT2D eigenvalue weighted by Gasteiger charge is -2.27. The van der Waals surface area contributed by atoms with Crippen LogP contribution in [0.5, 0.6) is 5.75 Å². The van der Waals surface area contributed by atoms with Crippen LogP contribution >= 0.6 is 0 Å². The number of benzene rings is 2. The molecule has 1 aliphatic rings. The monoisotopic (exact) mass is 413 g/mol. The SMILES string of the molecule is C[C@H](OC(=O)CCNc1ccccc1[N+](=O)[O-])C(=O)N[C@@H]1CCOc2ccccc21. The van der Waals surface area contributed by atoms with E-state index < -0.39 is 22.9 Å². The molecule has 1 aliphatic heterocycles. The van der Waals surface area contributed by atoms with Crippen LogP contribution in [0.2, 0.25) is 0 Å². The maximum Gasteiger partial charge on any atom is 0.308 e. The van der Waals surface area contributed by atoms with Gasteiger partial charge in [-0.05, 0) is 19.1 Å². The molecule has 0 bridgehead atoms. The van der Waals surface area contributed by atoms with Crippen molar-refractivity contribution in [2.24, 2.45) is 0 Å². The lowest BCUT2D eigenvalue weighted by atomic mass is 10.0. The second kappa shape index (κ2) is 9.73. The molecule has 0 fully saturated rings. The number of fused-ring (bicyclic) bond motifs is 1.